The number of carbonyl (C=O) groups is 1. The van der Waals surface area contributed by atoms with Gasteiger partial charge in [0.15, 0.2) is 0 Å². The molecule has 5 heteroatoms. The van der Waals surface area contributed by atoms with Gasteiger partial charge in [-0.05, 0) is 0 Å². The number of hydrogen-bond acceptors (Lipinski definition) is 4. The van der Waals surface area contributed by atoms with Crippen LogP contribution in [0, 0.1) is 0 Å². The minimum Gasteiger partial charge on any atom is -0.378 e. The second-order valence-electron chi connectivity index (χ2n) is 5.24. The molecule has 2 N–H and O–H groups in total. The SMILES string of the molecule is CC(C)(C)SCCNC(=O)CC1COCCN1. The highest BCUT2D eigenvalue weighted by Gasteiger charge is 2.16. The van der Waals surface area contributed by atoms with E-state index < -0.39 is 0 Å². The molecule has 0 bridgehead atoms. The Bertz CT molecular complexity index is 235. The van der Waals surface area contributed by atoms with E-state index in [0.29, 0.717) is 13.0 Å². The molecule has 1 heterocycles. The monoisotopic (exact) mass is 260 g/mol. The van der Waals surface area contributed by atoms with Crippen LogP contribution in [0.3, 0.4) is 0 Å². The Kier molecular flexibility index (Phi) is 6.30. The van der Waals surface area contributed by atoms with E-state index in [1.54, 1.807) is 0 Å². The molecule has 4 nitrogen and oxygen atoms in total. The van der Waals surface area contributed by atoms with Crippen LogP contribution >= 0.6 is 11.8 Å². The van der Waals surface area contributed by atoms with E-state index in [2.05, 4.69) is 31.4 Å². The molecular formula is C12H24N2O2S. The molecule has 17 heavy (non-hydrogen) atoms. The normalized spacial score (nSPS) is 21.2. The van der Waals surface area contributed by atoms with Gasteiger partial charge in [-0.3, -0.25) is 4.79 Å². The van der Waals surface area contributed by atoms with Gasteiger partial charge >= 0.3 is 0 Å². The van der Waals surface area contributed by atoms with Gasteiger partial charge in [-0.15, -0.1) is 0 Å². The van der Waals surface area contributed by atoms with E-state index in [1.807, 2.05) is 11.8 Å². The summed E-state index contributed by atoms with van der Waals surface area (Å²) >= 11 is 1.87. The van der Waals surface area contributed by atoms with E-state index in [-0.39, 0.29) is 16.7 Å². The summed E-state index contributed by atoms with van der Waals surface area (Å²) in [7, 11) is 0. The zero-order valence-electron chi connectivity index (χ0n) is 11.0. The minimum absolute atomic E-state index is 0.113. The number of hydrogen-bond donors (Lipinski definition) is 2. The molecule has 0 spiro atoms. The molecule has 1 fully saturated rings. The van der Waals surface area contributed by atoms with Crippen LogP contribution in [0.2, 0.25) is 0 Å². The first-order valence-corrected chi connectivity index (χ1v) is 7.18. The average molecular weight is 260 g/mol. The smallest absolute Gasteiger partial charge is 0.221 e. The van der Waals surface area contributed by atoms with Crippen LogP contribution in [0.1, 0.15) is 27.2 Å². The van der Waals surface area contributed by atoms with Gasteiger partial charge in [-0.2, -0.15) is 11.8 Å². The molecule has 1 rings (SSSR count). The summed E-state index contributed by atoms with van der Waals surface area (Å²) in [5.74, 6) is 1.08. The van der Waals surface area contributed by atoms with Gasteiger partial charge in [-0.1, -0.05) is 20.8 Å². The van der Waals surface area contributed by atoms with Crippen LogP contribution in [0.4, 0.5) is 0 Å². The average Bonchev–Trinajstić information content (AvgIpc) is 2.25. The predicted molar refractivity (Wildman–Crippen MR) is 72.4 cm³/mol. The van der Waals surface area contributed by atoms with E-state index in [0.717, 1.165) is 25.4 Å². The van der Waals surface area contributed by atoms with Gasteiger partial charge < -0.3 is 15.4 Å². The Labute approximate surface area is 108 Å². The number of morpholine rings is 1. The lowest BCUT2D eigenvalue weighted by Crippen LogP contribution is -2.44. The standard InChI is InChI=1S/C12H24N2O2S/c1-12(2,3)17-7-5-14-11(15)8-10-9-16-6-4-13-10/h10,13H,4-9H2,1-3H3,(H,14,15). The molecule has 1 aliphatic rings. The molecule has 1 unspecified atom stereocenters. The number of amides is 1. The maximum absolute atomic E-state index is 11.6. The molecule has 100 valence electrons. The van der Waals surface area contributed by atoms with Crippen LogP contribution in [0.5, 0.6) is 0 Å². The summed E-state index contributed by atoms with van der Waals surface area (Å²) in [6.07, 6.45) is 0.514. The highest BCUT2D eigenvalue weighted by molar-refractivity contribution is 8.00. The summed E-state index contributed by atoms with van der Waals surface area (Å²) in [5, 5.41) is 6.22. The van der Waals surface area contributed by atoms with Crippen LogP contribution in [0.15, 0.2) is 0 Å². The zero-order valence-corrected chi connectivity index (χ0v) is 11.9. The fourth-order valence-electron chi connectivity index (χ4n) is 1.59. The third-order valence-corrected chi connectivity index (χ3v) is 3.66. The van der Waals surface area contributed by atoms with E-state index in [1.165, 1.54) is 0 Å². The van der Waals surface area contributed by atoms with Crippen molar-refractivity contribution in [3.05, 3.63) is 0 Å². The first-order chi connectivity index (χ1) is 7.97. The minimum atomic E-state index is 0.113. The molecule has 1 aliphatic heterocycles. The third-order valence-electron chi connectivity index (χ3n) is 2.39. The van der Waals surface area contributed by atoms with Crippen LogP contribution in [0.25, 0.3) is 0 Å². The molecule has 0 saturated carbocycles. The number of ether oxygens (including phenoxy) is 1. The second-order valence-corrected chi connectivity index (χ2v) is 7.16. The molecular weight excluding hydrogens is 236 g/mol. The van der Waals surface area contributed by atoms with Crippen LogP contribution in [-0.4, -0.2) is 48.8 Å². The largest absolute Gasteiger partial charge is 0.378 e. The number of nitrogens with one attached hydrogen (secondary N) is 2. The number of carbonyl (C=O) groups excluding carboxylic acids is 1. The Morgan fingerprint density at radius 3 is 2.88 bits per heavy atom. The fraction of sp³-hybridized carbons (Fsp3) is 0.917. The number of rotatable bonds is 5. The van der Waals surface area contributed by atoms with Crippen molar-refractivity contribution in [2.45, 2.75) is 38.0 Å². The lowest BCUT2D eigenvalue weighted by Gasteiger charge is -2.23. The molecule has 1 amide bonds. The lowest BCUT2D eigenvalue weighted by atomic mass is 10.2. The van der Waals surface area contributed by atoms with Crippen molar-refractivity contribution in [1.82, 2.24) is 10.6 Å². The Morgan fingerprint density at radius 2 is 2.29 bits per heavy atom. The maximum Gasteiger partial charge on any atom is 0.221 e. The van der Waals surface area contributed by atoms with E-state index in [9.17, 15) is 4.79 Å². The summed E-state index contributed by atoms with van der Waals surface area (Å²) in [6, 6.07) is 0.180. The predicted octanol–water partition coefficient (Wildman–Crippen LogP) is 1.01. The second kappa shape index (κ2) is 7.24. The summed E-state index contributed by atoms with van der Waals surface area (Å²) in [4.78, 5) is 11.6. The fourth-order valence-corrected chi connectivity index (χ4v) is 2.41. The molecule has 0 aromatic carbocycles. The Hall–Kier alpha value is -0.260. The molecule has 0 radical (unpaired) electrons. The van der Waals surface area contributed by atoms with Crippen LogP contribution in [-0.2, 0) is 9.53 Å². The Balaban J connectivity index is 2.04. The van der Waals surface area contributed by atoms with E-state index in [4.69, 9.17) is 4.74 Å². The quantitative estimate of drug-likeness (QED) is 0.725. The zero-order chi connectivity index (χ0) is 12.7. The van der Waals surface area contributed by atoms with Crippen molar-refractivity contribution < 1.29 is 9.53 Å². The van der Waals surface area contributed by atoms with Crippen molar-refractivity contribution in [3.63, 3.8) is 0 Å². The van der Waals surface area contributed by atoms with Crippen molar-refractivity contribution in [3.8, 4) is 0 Å². The van der Waals surface area contributed by atoms with Crippen molar-refractivity contribution in [2.24, 2.45) is 0 Å². The number of thioether (sulfide) groups is 1. The van der Waals surface area contributed by atoms with Crippen molar-refractivity contribution >= 4 is 17.7 Å². The molecule has 0 aliphatic carbocycles. The van der Waals surface area contributed by atoms with Crippen LogP contribution < -0.4 is 10.6 Å². The maximum atomic E-state index is 11.6. The van der Waals surface area contributed by atoms with Crippen molar-refractivity contribution in [2.75, 3.05) is 32.1 Å². The highest BCUT2D eigenvalue weighted by atomic mass is 32.2. The lowest BCUT2D eigenvalue weighted by molar-refractivity contribution is -0.122. The summed E-state index contributed by atoms with van der Waals surface area (Å²) in [6.45, 7) is 9.53. The molecule has 1 saturated heterocycles. The Morgan fingerprint density at radius 1 is 1.53 bits per heavy atom. The summed E-state index contributed by atoms with van der Waals surface area (Å²) in [5.41, 5.74) is 0. The van der Waals surface area contributed by atoms with Gasteiger partial charge in [-0.25, -0.2) is 0 Å². The molecule has 0 aromatic rings. The van der Waals surface area contributed by atoms with Gasteiger partial charge in [0, 0.05) is 36.1 Å². The van der Waals surface area contributed by atoms with E-state index >= 15 is 0 Å². The third kappa shape index (κ3) is 7.63. The van der Waals surface area contributed by atoms with Gasteiger partial charge in [0.05, 0.1) is 13.2 Å². The highest BCUT2D eigenvalue weighted by Crippen LogP contribution is 2.21. The summed E-state index contributed by atoms with van der Waals surface area (Å²) < 4.78 is 5.57. The van der Waals surface area contributed by atoms with Gasteiger partial charge in [0.2, 0.25) is 5.91 Å². The first-order valence-electron chi connectivity index (χ1n) is 6.19. The topological polar surface area (TPSA) is 50.4 Å². The van der Waals surface area contributed by atoms with Crippen molar-refractivity contribution in [1.29, 1.82) is 0 Å². The molecule has 0 aromatic heterocycles. The van der Waals surface area contributed by atoms with Gasteiger partial charge in [0.25, 0.3) is 0 Å². The first kappa shape index (κ1) is 14.8. The molecule has 1 atom stereocenters. The van der Waals surface area contributed by atoms with Gasteiger partial charge in [0.1, 0.15) is 0 Å².